The Hall–Kier alpha value is -7.39. The number of amides is 3. The van der Waals surface area contributed by atoms with Crippen LogP contribution in [0.3, 0.4) is 0 Å². The van der Waals surface area contributed by atoms with E-state index in [1.54, 1.807) is 24.3 Å². The number of anilines is 1. The number of primary amides is 1. The van der Waals surface area contributed by atoms with Crippen LogP contribution in [0.5, 0.6) is 28.7 Å². The fraction of sp³-hybridized carbons (Fsp3) is 0.490. The highest BCUT2D eigenvalue weighted by Gasteiger charge is 2.55. The summed E-state index contributed by atoms with van der Waals surface area (Å²) in [6.45, 7) is 4.26. The molecular weight excluding hydrogens is 962 g/mol. The number of benzene rings is 3. The van der Waals surface area contributed by atoms with Crippen LogP contribution in [0.25, 0.3) is 5.69 Å². The van der Waals surface area contributed by atoms with Crippen molar-refractivity contribution in [3.8, 4) is 34.4 Å². The van der Waals surface area contributed by atoms with Crippen LogP contribution in [-0.2, 0) is 31.6 Å². The van der Waals surface area contributed by atoms with Crippen molar-refractivity contribution in [1.82, 2.24) is 19.6 Å². The zero-order valence-corrected chi connectivity index (χ0v) is 40.8. The molecule has 73 heavy (non-hydrogen) atoms. The van der Waals surface area contributed by atoms with Gasteiger partial charge in [-0.2, -0.15) is 18.3 Å². The average Bonchev–Trinajstić information content (AvgIpc) is 4.10. The van der Waals surface area contributed by atoms with E-state index in [4.69, 9.17) is 43.6 Å². The number of methoxy groups -OCH3 is 3. The average molecular weight is 1020 g/mol. The third-order valence-electron chi connectivity index (χ3n) is 14.8. The summed E-state index contributed by atoms with van der Waals surface area (Å²) in [7, 11) is 4.51. The largest absolute Gasteiger partial charge is 0.493 e. The van der Waals surface area contributed by atoms with Gasteiger partial charge in [0, 0.05) is 61.7 Å². The molecule has 6 aliphatic rings. The minimum atomic E-state index is -4.86. The maximum Gasteiger partial charge on any atom is 0.435 e. The van der Waals surface area contributed by atoms with Crippen molar-refractivity contribution >= 4 is 35.5 Å². The highest BCUT2D eigenvalue weighted by Crippen LogP contribution is 2.57. The summed E-state index contributed by atoms with van der Waals surface area (Å²) < 4.78 is 90.1. The Balaban J connectivity index is 0.777. The maximum atomic E-state index is 14.2. The monoisotopic (exact) mass is 1020 g/mol. The van der Waals surface area contributed by atoms with Crippen molar-refractivity contribution < 1.29 is 75.0 Å². The number of Topliss-reactive ketones (excluding diaryl/α,β-unsaturated/α-hetero) is 1. The predicted octanol–water partition coefficient (Wildman–Crippen LogP) is 7.19. The highest BCUT2D eigenvalue weighted by molar-refractivity contribution is 6.01. The van der Waals surface area contributed by atoms with Gasteiger partial charge in [0.15, 0.2) is 34.5 Å². The Kier molecular flexibility index (Phi) is 12.7. The summed E-state index contributed by atoms with van der Waals surface area (Å²) in [5.41, 5.74) is 6.24. The number of carbonyl (C=O) groups excluding carboxylic acids is 5. The lowest BCUT2D eigenvalue weighted by Crippen LogP contribution is -2.52. The lowest BCUT2D eigenvalue weighted by atomic mass is 9.66. The van der Waals surface area contributed by atoms with E-state index in [0.29, 0.717) is 76.8 Å². The molecule has 4 heterocycles. The number of nitrogens with two attached hydrogens (primary N) is 1. The van der Waals surface area contributed by atoms with E-state index < -0.39 is 82.7 Å². The van der Waals surface area contributed by atoms with Gasteiger partial charge >= 0.3 is 24.3 Å². The summed E-state index contributed by atoms with van der Waals surface area (Å²) in [6.07, 6.45) is -5.25. The number of ketones is 1. The molecule has 388 valence electrons. The molecule has 3 amide bonds. The molecule has 0 unspecified atom stereocenters. The summed E-state index contributed by atoms with van der Waals surface area (Å²) >= 11 is 0. The fourth-order valence-corrected chi connectivity index (χ4v) is 11.3. The Morgan fingerprint density at radius 3 is 2.04 bits per heavy atom. The molecular formula is C51H55F3N6O13. The van der Waals surface area contributed by atoms with E-state index in [1.807, 2.05) is 13.8 Å². The van der Waals surface area contributed by atoms with E-state index in [-0.39, 0.29) is 75.4 Å². The Labute approximate surface area is 417 Å². The molecule has 0 spiro atoms. The van der Waals surface area contributed by atoms with Crippen LogP contribution in [0.2, 0.25) is 0 Å². The number of alkyl halides is 3. The van der Waals surface area contributed by atoms with Crippen LogP contribution in [0.15, 0.2) is 42.5 Å². The van der Waals surface area contributed by atoms with Crippen LogP contribution in [0, 0.1) is 17.3 Å². The zero-order valence-electron chi connectivity index (χ0n) is 40.8. The molecule has 4 aromatic rings. The zero-order chi connectivity index (χ0) is 51.7. The van der Waals surface area contributed by atoms with Gasteiger partial charge in [0.1, 0.15) is 12.2 Å². The number of esters is 1. The van der Waals surface area contributed by atoms with Crippen LogP contribution in [0.4, 0.5) is 28.4 Å². The quantitative estimate of drug-likeness (QED) is 0.119. The number of aromatic nitrogens is 2. The number of rotatable bonds is 10. The molecule has 3 fully saturated rings. The maximum absolute atomic E-state index is 14.2. The van der Waals surface area contributed by atoms with Gasteiger partial charge in [-0.25, -0.2) is 14.3 Å². The Morgan fingerprint density at radius 2 is 1.44 bits per heavy atom. The first-order chi connectivity index (χ1) is 34.9. The van der Waals surface area contributed by atoms with Gasteiger partial charge in [-0.05, 0) is 91.1 Å². The third kappa shape index (κ3) is 9.12. The molecule has 3 aliphatic carbocycles. The van der Waals surface area contributed by atoms with Gasteiger partial charge in [0.25, 0.3) is 5.91 Å². The molecule has 1 saturated carbocycles. The highest BCUT2D eigenvalue weighted by atomic mass is 19.4. The van der Waals surface area contributed by atoms with Gasteiger partial charge in [0.2, 0.25) is 12.5 Å². The van der Waals surface area contributed by atoms with E-state index >= 15 is 0 Å². The minimum Gasteiger partial charge on any atom is -0.493 e. The SMILES string of the molecule is COc1cc([C@@H]2c3cc4c(cc3[C@@H](OC(=O)N3CCN(C(=O)O[C@H]5CC[C@H](Nc6cc(-n7nc(C(F)(F)F)c8c7CC(C)(C)CC8=O)ccc6C(N)=O)CC5)CC3)[C@H]3COC(=O)[C@H]23)OCO4)cc(OC)c1OC. The lowest BCUT2D eigenvalue weighted by Gasteiger charge is -2.40. The topological polar surface area (TPSA) is 222 Å². The summed E-state index contributed by atoms with van der Waals surface area (Å²) in [6, 6.07) is 11.3. The van der Waals surface area contributed by atoms with E-state index in [1.165, 1.54) is 49.3 Å². The smallest absolute Gasteiger partial charge is 0.435 e. The van der Waals surface area contributed by atoms with Crippen molar-refractivity contribution in [1.29, 1.82) is 0 Å². The van der Waals surface area contributed by atoms with Crippen molar-refractivity contribution in [2.45, 2.75) is 82.7 Å². The molecule has 1 aromatic heterocycles. The lowest BCUT2D eigenvalue weighted by molar-refractivity contribution is -0.142. The van der Waals surface area contributed by atoms with Crippen molar-refractivity contribution in [3.05, 3.63) is 81.7 Å². The molecule has 2 saturated heterocycles. The number of fused-ring (bicyclic) bond motifs is 4. The van der Waals surface area contributed by atoms with Crippen molar-refractivity contribution in [2.75, 3.05) is 66.2 Å². The van der Waals surface area contributed by atoms with Crippen LogP contribution >= 0.6 is 0 Å². The number of nitrogens with zero attached hydrogens (tertiary/aromatic N) is 4. The van der Waals surface area contributed by atoms with Gasteiger partial charge < -0.3 is 58.7 Å². The molecule has 10 rings (SSSR count). The normalized spacial score (nSPS) is 23.9. The van der Waals surface area contributed by atoms with Gasteiger partial charge in [-0.15, -0.1) is 0 Å². The standard InChI is InChI=1S/C51H55F3N6O13/c1-50(2)21-34-42(35(61)22-50)45(51(52,53)54)57-60(34)27-8-11-29(46(55)62)33(18-27)56-26-6-9-28(10-7-26)72-48(64)58-12-14-59(15-13-58)49(65)73-43-31-20-37-36(70-24-71-37)19-30(31)40(41-32(43)23-69-47(41)63)25-16-38(66-3)44(68-5)39(17-25)67-4/h8,11,16-20,26,28,32,40-41,43,56H,6-7,9-10,12-15,21-24H2,1-5H3,(H2,55,62)/t26-,28-,32-,40+,41-,43+/m0/s1. The second-order valence-electron chi connectivity index (χ2n) is 20.0. The summed E-state index contributed by atoms with van der Waals surface area (Å²) in [4.78, 5) is 69.9. The minimum absolute atomic E-state index is 0.000810. The number of hydrogen-bond donors (Lipinski definition) is 2. The number of ether oxygens (including phenoxy) is 8. The third-order valence-corrected chi connectivity index (χ3v) is 14.8. The summed E-state index contributed by atoms with van der Waals surface area (Å²) in [5, 5.41) is 7.23. The molecule has 19 nitrogen and oxygen atoms in total. The summed E-state index contributed by atoms with van der Waals surface area (Å²) in [5.74, 6) is -1.62. The van der Waals surface area contributed by atoms with E-state index in [0.717, 1.165) is 4.68 Å². The first-order valence-electron chi connectivity index (χ1n) is 24.1. The number of halogens is 3. The molecule has 3 aromatic carbocycles. The predicted molar refractivity (Wildman–Crippen MR) is 250 cm³/mol. The second kappa shape index (κ2) is 18.9. The van der Waals surface area contributed by atoms with Gasteiger partial charge in [-0.1, -0.05) is 13.8 Å². The Bertz CT molecular complexity index is 2860. The first-order valence-corrected chi connectivity index (χ1v) is 24.1. The van der Waals surface area contributed by atoms with E-state index in [2.05, 4.69) is 10.4 Å². The number of carbonyl (C=O) groups is 5. The van der Waals surface area contributed by atoms with Crippen LogP contribution < -0.4 is 34.7 Å². The van der Waals surface area contributed by atoms with Crippen molar-refractivity contribution in [2.24, 2.45) is 23.0 Å². The molecule has 22 heteroatoms. The van der Waals surface area contributed by atoms with Gasteiger partial charge in [0.05, 0.1) is 56.4 Å². The van der Waals surface area contributed by atoms with Crippen molar-refractivity contribution in [3.63, 3.8) is 0 Å². The molecule has 3 N–H and O–H groups in total. The number of cyclic esters (lactones) is 1. The van der Waals surface area contributed by atoms with Crippen LogP contribution in [0.1, 0.15) is 107 Å². The fourth-order valence-electron chi connectivity index (χ4n) is 11.3. The van der Waals surface area contributed by atoms with E-state index in [9.17, 15) is 37.1 Å². The molecule has 0 bridgehead atoms. The second-order valence-corrected chi connectivity index (χ2v) is 20.0. The number of hydrogen-bond acceptors (Lipinski definition) is 15. The molecule has 3 aliphatic heterocycles. The Morgan fingerprint density at radius 1 is 0.808 bits per heavy atom. The van der Waals surface area contributed by atoms with Crippen LogP contribution in [-0.4, -0.2) is 122 Å². The molecule has 0 radical (unpaired) electrons. The number of nitrogens with one attached hydrogen (secondary N) is 1. The first kappa shape index (κ1) is 49.2. The number of piperazine rings is 1. The molecule has 4 atom stereocenters. The van der Waals surface area contributed by atoms with Gasteiger partial charge in [-0.3, -0.25) is 14.4 Å².